The van der Waals surface area contributed by atoms with Gasteiger partial charge in [0.25, 0.3) is 5.91 Å². The van der Waals surface area contributed by atoms with Crippen LogP contribution in [0.3, 0.4) is 0 Å². The molecule has 1 aliphatic heterocycles. The highest BCUT2D eigenvalue weighted by Gasteiger charge is 2.17. The van der Waals surface area contributed by atoms with E-state index in [9.17, 15) is 4.79 Å². The third-order valence-electron chi connectivity index (χ3n) is 5.19. The summed E-state index contributed by atoms with van der Waals surface area (Å²) in [6.07, 6.45) is 4.49. The number of hydrogen-bond acceptors (Lipinski definition) is 4. The van der Waals surface area contributed by atoms with E-state index in [0.29, 0.717) is 11.3 Å². The van der Waals surface area contributed by atoms with E-state index in [2.05, 4.69) is 20.1 Å². The molecule has 6 nitrogen and oxygen atoms in total. The molecule has 0 atom stereocenters. The molecular weight excluding hydrogens is 352 g/mol. The molecule has 0 saturated heterocycles. The third kappa shape index (κ3) is 3.63. The molecule has 0 unspecified atom stereocenters. The summed E-state index contributed by atoms with van der Waals surface area (Å²) in [4.78, 5) is 12.7. The molecule has 1 amide bonds. The van der Waals surface area contributed by atoms with E-state index < -0.39 is 0 Å². The second kappa shape index (κ2) is 7.84. The molecule has 0 aliphatic carbocycles. The number of aromatic nitrogens is 3. The largest absolute Gasteiger partial charge is 0.497 e. The fourth-order valence-electron chi connectivity index (χ4n) is 3.55. The number of fused-ring (bicyclic) bond motifs is 1. The van der Waals surface area contributed by atoms with E-state index in [4.69, 9.17) is 4.74 Å². The highest BCUT2D eigenvalue weighted by Crippen LogP contribution is 2.27. The Balaban J connectivity index is 1.63. The molecule has 0 spiro atoms. The summed E-state index contributed by atoms with van der Waals surface area (Å²) in [6.45, 7) is 2.92. The molecule has 144 valence electrons. The maximum Gasteiger partial charge on any atom is 0.255 e. The van der Waals surface area contributed by atoms with Crippen molar-refractivity contribution in [3.8, 4) is 17.1 Å². The van der Waals surface area contributed by atoms with Crippen molar-refractivity contribution >= 4 is 11.6 Å². The number of rotatable bonds is 4. The van der Waals surface area contributed by atoms with Crippen LogP contribution < -0.4 is 10.1 Å². The van der Waals surface area contributed by atoms with Gasteiger partial charge in [-0.3, -0.25) is 4.79 Å². The predicted molar refractivity (Wildman–Crippen MR) is 109 cm³/mol. The van der Waals surface area contributed by atoms with Gasteiger partial charge in [0.15, 0.2) is 5.82 Å². The van der Waals surface area contributed by atoms with Crippen LogP contribution in [-0.2, 0) is 13.0 Å². The first kappa shape index (κ1) is 18.2. The highest BCUT2D eigenvalue weighted by atomic mass is 16.5. The van der Waals surface area contributed by atoms with Crippen LogP contribution in [-0.4, -0.2) is 27.8 Å². The first-order chi connectivity index (χ1) is 13.7. The van der Waals surface area contributed by atoms with E-state index in [1.54, 1.807) is 19.2 Å². The summed E-state index contributed by atoms with van der Waals surface area (Å²) >= 11 is 0. The van der Waals surface area contributed by atoms with E-state index in [0.717, 1.165) is 54.3 Å². The number of nitrogens with zero attached hydrogens (tertiary/aromatic N) is 3. The lowest BCUT2D eigenvalue weighted by molar-refractivity contribution is 0.102. The average molecular weight is 376 g/mol. The Bertz CT molecular complexity index is 1010. The Morgan fingerprint density at radius 2 is 2.00 bits per heavy atom. The fraction of sp³-hybridized carbons (Fsp3) is 0.318. The molecule has 0 bridgehead atoms. The maximum absolute atomic E-state index is 12.7. The van der Waals surface area contributed by atoms with Crippen molar-refractivity contribution in [2.75, 3.05) is 12.4 Å². The Kier molecular flexibility index (Phi) is 5.10. The molecule has 1 aromatic heterocycles. The summed E-state index contributed by atoms with van der Waals surface area (Å²) in [5, 5.41) is 11.8. The molecule has 0 radical (unpaired) electrons. The second-order valence-corrected chi connectivity index (χ2v) is 7.12. The molecule has 0 saturated carbocycles. The van der Waals surface area contributed by atoms with Crippen molar-refractivity contribution in [3.63, 3.8) is 0 Å². The molecule has 1 N–H and O–H groups in total. The van der Waals surface area contributed by atoms with Gasteiger partial charge in [-0.2, -0.15) is 0 Å². The van der Waals surface area contributed by atoms with E-state index >= 15 is 0 Å². The van der Waals surface area contributed by atoms with Crippen molar-refractivity contribution in [2.45, 2.75) is 39.2 Å². The molecular formula is C22H24N4O2. The zero-order chi connectivity index (χ0) is 19.5. The van der Waals surface area contributed by atoms with Crippen LogP contribution >= 0.6 is 0 Å². The van der Waals surface area contributed by atoms with Crippen LogP contribution in [0.15, 0.2) is 42.5 Å². The molecule has 2 heterocycles. The molecule has 0 fully saturated rings. The van der Waals surface area contributed by atoms with Crippen molar-refractivity contribution in [1.29, 1.82) is 0 Å². The quantitative estimate of drug-likeness (QED) is 0.739. The SMILES string of the molecule is COc1cccc(C(=O)Nc2cc(-c3nnc4n3CCCCC4)ccc2C)c1. The number of ether oxygens (including phenoxy) is 1. The highest BCUT2D eigenvalue weighted by molar-refractivity contribution is 6.05. The lowest BCUT2D eigenvalue weighted by Gasteiger charge is -2.12. The van der Waals surface area contributed by atoms with Gasteiger partial charge in [-0.15, -0.1) is 10.2 Å². The number of carbonyl (C=O) groups is 1. The summed E-state index contributed by atoms with van der Waals surface area (Å²) in [6, 6.07) is 13.2. The summed E-state index contributed by atoms with van der Waals surface area (Å²) in [5.41, 5.74) is 3.29. The standard InChI is InChI=1S/C22H24N4O2/c1-15-10-11-16(21-25-24-20-9-4-3-5-12-26(20)21)14-19(15)23-22(27)17-7-6-8-18(13-17)28-2/h6-8,10-11,13-14H,3-5,9,12H2,1-2H3,(H,23,27). The van der Waals surface area contributed by atoms with E-state index in [1.807, 2.05) is 37.3 Å². The minimum Gasteiger partial charge on any atom is -0.497 e. The first-order valence-corrected chi connectivity index (χ1v) is 9.64. The zero-order valence-corrected chi connectivity index (χ0v) is 16.2. The Morgan fingerprint density at radius 3 is 2.86 bits per heavy atom. The van der Waals surface area contributed by atoms with Crippen molar-refractivity contribution in [2.24, 2.45) is 0 Å². The normalized spacial score (nSPS) is 13.5. The monoisotopic (exact) mass is 376 g/mol. The molecule has 28 heavy (non-hydrogen) atoms. The Morgan fingerprint density at radius 1 is 1.11 bits per heavy atom. The van der Waals surface area contributed by atoms with E-state index in [1.165, 1.54) is 6.42 Å². The van der Waals surface area contributed by atoms with Gasteiger partial charge in [0.1, 0.15) is 11.6 Å². The minimum absolute atomic E-state index is 0.167. The summed E-state index contributed by atoms with van der Waals surface area (Å²) in [7, 11) is 1.59. The van der Waals surface area contributed by atoms with Gasteiger partial charge in [0.05, 0.1) is 7.11 Å². The number of anilines is 1. The van der Waals surface area contributed by atoms with Gasteiger partial charge >= 0.3 is 0 Å². The lowest BCUT2D eigenvalue weighted by Crippen LogP contribution is -2.13. The summed E-state index contributed by atoms with van der Waals surface area (Å²) in [5.74, 6) is 2.41. The number of methoxy groups -OCH3 is 1. The number of amides is 1. The van der Waals surface area contributed by atoms with Crippen molar-refractivity contribution < 1.29 is 9.53 Å². The summed E-state index contributed by atoms with van der Waals surface area (Å²) < 4.78 is 7.43. The average Bonchev–Trinajstić information content (AvgIpc) is 2.97. The van der Waals surface area contributed by atoms with Crippen LogP contribution in [0.1, 0.15) is 41.0 Å². The number of nitrogens with one attached hydrogen (secondary N) is 1. The molecule has 3 aromatic rings. The number of benzene rings is 2. The van der Waals surface area contributed by atoms with Crippen LogP contribution in [0.2, 0.25) is 0 Å². The van der Waals surface area contributed by atoms with Crippen molar-refractivity contribution in [1.82, 2.24) is 14.8 Å². The Labute approximate surface area is 164 Å². The smallest absolute Gasteiger partial charge is 0.255 e. The van der Waals surface area contributed by atoms with Gasteiger partial charge < -0.3 is 14.6 Å². The van der Waals surface area contributed by atoms with Gasteiger partial charge in [0.2, 0.25) is 0 Å². The third-order valence-corrected chi connectivity index (χ3v) is 5.19. The fourth-order valence-corrected chi connectivity index (χ4v) is 3.55. The lowest BCUT2D eigenvalue weighted by atomic mass is 10.1. The number of aryl methyl sites for hydroxylation is 2. The topological polar surface area (TPSA) is 69.0 Å². The first-order valence-electron chi connectivity index (χ1n) is 9.64. The van der Waals surface area contributed by atoms with Crippen LogP contribution in [0, 0.1) is 6.92 Å². The maximum atomic E-state index is 12.7. The second-order valence-electron chi connectivity index (χ2n) is 7.12. The van der Waals surface area contributed by atoms with Crippen molar-refractivity contribution in [3.05, 3.63) is 59.4 Å². The van der Waals surface area contributed by atoms with Crippen LogP contribution in [0.25, 0.3) is 11.4 Å². The molecule has 4 rings (SSSR count). The number of hydrogen-bond donors (Lipinski definition) is 1. The van der Waals surface area contributed by atoms with Gasteiger partial charge in [-0.1, -0.05) is 24.6 Å². The molecule has 2 aromatic carbocycles. The van der Waals surface area contributed by atoms with E-state index in [-0.39, 0.29) is 5.91 Å². The van der Waals surface area contributed by atoms with Gasteiger partial charge in [-0.05, 0) is 49.6 Å². The van der Waals surface area contributed by atoms with Gasteiger partial charge in [0, 0.05) is 29.8 Å². The molecule has 1 aliphatic rings. The molecule has 6 heteroatoms. The minimum atomic E-state index is -0.167. The number of carbonyl (C=O) groups excluding carboxylic acids is 1. The van der Waals surface area contributed by atoms with Crippen LogP contribution in [0.5, 0.6) is 5.75 Å². The Hall–Kier alpha value is -3.15. The van der Waals surface area contributed by atoms with Gasteiger partial charge in [-0.25, -0.2) is 0 Å². The predicted octanol–water partition coefficient (Wildman–Crippen LogP) is 4.24. The van der Waals surface area contributed by atoms with Crippen LogP contribution in [0.4, 0.5) is 5.69 Å². The zero-order valence-electron chi connectivity index (χ0n) is 16.2.